The predicted octanol–water partition coefficient (Wildman–Crippen LogP) is 2.87. The van der Waals surface area contributed by atoms with Gasteiger partial charge < -0.3 is 64.2 Å². The lowest BCUT2D eigenvalue weighted by atomic mass is 9.98. The summed E-state index contributed by atoms with van der Waals surface area (Å²) in [7, 11) is 0. The van der Waals surface area contributed by atoms with Crippen LogP contribution in [0.2, 0.25) is 0 Å². The molecule has 0 spiro atoms. The van der Waals surface area contributed by atoms with Gasteiger partial charge in [-0.25, -0.2) is 0 Å². The molecule has 11 unspecified atom stereocenters. The Morgan fingerprint density at radius 3 is 1.73 bits per heavy atom. The molecule has 11 atom stereocenters. The zero-order valence-electron chi connectivity index (χ0n) is 32.9. The summed E-state index contributed by atoms with van der Waals surface area (Å²) < 4.78 is 33.1. The van der Waals surface area contributed by atoms with Crippen molar-refractivity contribution in [1.82, 2.24) is 0 Å². The van der Waals surface area contributed by atoms with E-state index in [2.05, 4.69) is 38.2 Å². The zero-order valence-corrected chi connectivity index (χ0v) is 32.9. The third-order valence-corrected chi connectivity index (χ3v) is 9.68. The van der Waals surface area contributed by atoms with Gasteiger partial charge in [-0.2, -0.15) is 0 Å². The maximum Gasteiger partial charge on any atom is 0.306 e. The first-order chi connectivity index (χ1) is 26.5. The van der Waals surface area contributed by atoms with E-state index in [1.54, 1.807) is 0 Å². The molecule has 55 heavy (non-hydrogen) atoms. The highest BCUT2D eigenvalue weighted by Crippen LogP contribution is 2.26. The Balaban J connectivity index is 1.85. The minimum absolute atomic E-state index is 0.150. The molecule has 7 N–H and O–H groups in total. The molecule has 2 heterocycles. The summed E-state index contributed by atoms with van der Waals surface area (Å²) in [4.78, 5) is 25.2. The van der Waals surface area contributed by atoms with Gasteiger partial charge in [0.2, 0.25) is 0 Å². The first-order valence-corrected chi connectivity index (χ1v) is 20.4. The lowest BCUT2D eigenvalue weighted by Crippen LogP contribution is -2.61. The summed E-state index contributed by atoms with van der Waals surface area (Å²) in [6.45, 7) is 2.37. The number of hydrogen-bond acceptors (Lipinski definition) is 15. The molecular formula is C40H70O15. The highest BCUT2D eigenvalue weighted by molar-refractivity contribution is 5.70. The average molecular weight is 791 g/mol. The normalized spacial score (nSPS) is 29.2. The van der Waals surface area contributed by atoms with E-state index in [0.29, 0.717) is 12.8 Å². The van der Waals surface area contributed by atoms with E-state index < -0.39 is 92.7 Å². The molecule has 2 fully saturated rings. The predicted molar refractivity (Wildman–Crippen MR) is 201 cm³/mol. The van der Waals surface area contributed by atoms with Gasteiger partial charge in [-0.1, -0.05) is 89.5 Å². The van der Waals surface area contributed by atoms with E-state index in [1.165, 1.54) is 19.3 Å². The largest absolute Gasteiger partial charge is 0.462 e. The van der Waals surface area contributed by atoms with Crippen LogP contribution in [0.3, 0.4) is 0 Å². The number of ether oxygens (including phenoxy) is 6. The summed E-state index contributed by atoms with van der Waals surface area (Å²) in [5, 5.41) is 71.4. The fourth-order valence-corrected chi connectivity index (χ4v) is 6.18. The van der Waals surface area contributed by atoms with E-state index in [4.69, 9.17) is 28.4 Å². The maximum atomic E-state index is 12.8. The quantitative estimate of drug-likeness (QED) is 0.0328. The van der Waals surface area contributed by atoms with Crippen LogP contribution in [-0.4, -0.2) is 142 Å². The molecule has 0 aliphatic carbocycles. The van der Waals surface area contributed by atoms with E-state index in [-0.39, 0.29) is 26.1 Å². The second kappa shape index (κ2) is 29.2. The van der Waals surface area contributed by atoms with Crippen LogP contribution in [0.4, 0.5) is 0 Å². The number of allylic oxidation sites excluding steroid dienone is 4. The van der Waals surface area contributed by atoms with Gasteiger partial charge >= 0.3 is 11.9 Å². The molecule has 2 aliphatic heterocycles. The molecule has 2 rings (SSSR count). The number of carbonyl (C=O) groups is 2. The van der Waals surface area contributed by atoms with Crippen molar-refractivity contribution >= 4 is 11.9 Å². The van der Waals surface area contributed by atoms with Crippen molar-refractivity contribution in [3.8, 4) is 0 Å². The van der Waals surface area contributed by atoms with Crippen LogP contribution in [0.15, 0.2) is 24.3 Å². The van der Waals surface area contributed by atoms with E-state index in [0.717, 1.165) is 64.2 Å². The van der Waals surface area contributed by atoms with Gasteiger partial charge in [-0.15, -0.1) is 0 Å². The number of unbranched alkanes of at least 4 members (excludes halogenated alkanes) is 11. The number of hydrogen-bond donors (Lipinski definition) is 7. The number of aliphatic hydroxyl groups is 7. The minimum Gasteiger partial charge on any atom is -0.462 e. The van der Waals surface area contributed by atoms with Crippen molar-refractivity contribution in [3.05, 3.63) is 24.3 Å². The van der Waals surface area contributed by atoms with Crippen LogP contribution in [0.25, 0.3) is 0 Å². The zero-order chi connectivity index (χ0) is 40.4. The highest BCUT2D eigenvalue weighted by atomic mass is 16.7. The van der Waals surface area contributed by atoms with Gasteiger partial charge in [0.05, 0.1) is 19.8 Å². The molecule has 320 valence electrons. The van der Waals surface area contributed by atoms with Crippen LogP contribution < -0.4 is 0 Å². The van der Waals surface area contributed by atoms with E-state index >= 15 is 0 Å². The molecule has 0 aromatic heterocycles. The summed E-state index contributed by atoms with van der Waals surface area (Å²) in [5.41, 5.74) is 0. The van der Waals surface area contributed by atoms with Crippen molar-refractivity contribution in [3.63, 3.8) is 0 Å². The first kappa shape index (κ1) is 49.1. The van der Waals surface area contributed by atoms with Gasteiger partial charge in [0.25, 0.3) is 0 Å². The van der Waals surface area contributed by atoms with Crippen molar-refractivity contribution in [2.24, 2.45) is 0 Å². The maximum absolute atomic E-state index is 12.8. The van der Waals surface area contributed by atoms with Gasteiger partial charge in [0.15, 0.2) is 18.7 Å². The highest BCUT2D eigenvalue weighted by Gasteiger charge is 2.47. The lowest BCUT2D eigenvalue weighted by molar-refractivity contribution is -0.332. The van der Waals surface area contributed by atoms with Crippen LogP contribution in [0.1, 0.15) is 123 Å². The van der Waals surface area contributed by atoms with Crippen molar-refractivity contribution in [1.29, 1.82) is 0 Å². The van der Waals surface area contributed by atoms with Gasteiger partial charge in [-0.3, -0.25) is 9.59 Å². The van der Waals surface area contributed by atoms with Crippen LogP contribution in [0.5, 0.6) is 0 Å². The van der Waals surface area contributed by atoms with Crippen LogP contribution >= 0.6 is 0 Å². The van der Waals surface area contributed by atoms with Gasteiger partial charge in [0, 0.05) is 12.8 Å². The fraction of sp³-hybridized carbons (Fsp3) is 0.850. The molecule has 15 nitrogen and oxygen atoms in total. The number of rotatable bonds is 29. The summed E-state index contributed by atoms with van der Waals surface area (Å²) in [5.74, 6) is -0.964. The molecule has 0 saturated carbocycles. The molecule has 0 amide bonds. The molecule has 2 saturated heterocycles. The summed E-state index contributed by atoms with van der Waals surface area (Å²) >= 11 is 0. The molecule has 15 heteroatoms. The number of aliphatic hydroxyl groups excluding tert-OH is 7. The molecule has 0 aromatic carbocycles. The Morgan fingerprint density at radius 2 is 1.09 bits per heavy atom. The molecule has 0 radical (unpaired) electrons. The molecule has 0 aromatic rings. The number of esters is 2. The monoisotopic (exact) mass is 790 g/mol. The Bertz CT molecular complexity index is 1070. The van der Waals surface area contributed by atoms with E-state index in [1.807, 2.05) is 0 Å². The van der Waals surface area contributed by atoms with Crippen molar-refractivity contribution in [2.75, 3.05) is 26.4 Å². The van der Waals surface area contributed by atoms with Crippen molar-refractivity contribution < 1.29 is 73.8 Å². The standard InChI is InChI=1S/C40H70O15/c1-3-5-7-9-10-11-12-13-14-15-16-17-18-19-21-23-32(43)53-28(25-50-31(42)22-20-8-6-4-2)26-51-39-38(49)36(47)34(45)30(55-39)27-52-40-37(48)35(46)33(44)29(24-41)54-40/h10-11,13-14,28-30,33-41,44-49H,3-9,12,15-27H2,1-2H3/b11-10-,14-13-. The third kappa shape index (κ3) is 19.3. The third-order valence-electron chi connectivity index (χ3n) is 9.68. The molecule has 2 aliphatic rings. The topological polar surface area (TPSA) is 231 Å². The first-order valence-electron chi connectivity index (χ1n) is 20.4. The average Bonchev–Trinajstić information content (AvgIpc) is 3.18. The second-order valence-electron chi connectivity index (χ2n) is 14.5. The second-order valence-corrected chi connectivity index (χ2v) is 14.5. The Morgan fingerprint density at radius 1 is 0.582 bits per heavy atom. The van der Waals surface area contributed by atoms with Gasteiger partial charge in [0.1, 0.15) is 55.4 Å². The van der Waals surface area contributed by atoms with E-state index in [9.17, 15) is 45.3 Å². The fourth-order valence-electron chi connectivity index (χ4n) is 6.18. The Hall–Kier alpha value is -2.02. The van der Waals surface area contributed by atoms with Crippen LogP contribution in [-0.2, 0) is 38.0 Å². The summed E-state index contributed by atoms with van der Waals surface area (Å²) in [6, 6.07) is 0. The SMILES string of the molecule is CCCCC/C=C\C/C=C\CCCCCCCC(=O)OC(COC(=O)CCCCCC)COC1OC(COC2OC(CO)C(O)C(O)C2O)C(O)C(O)C1O. The van der Waals surface area contributed by atoms with Gasteiger partial charge in [-0.05, 0) is 44.9 Å². The smallest absolute Gasteiger partial charge is 0.306 e. The molecular weight excluding hydrogens is 720 g/mol. The lowest BCUT2D eigenvalue weighted by Gasteiger charge is -2.42. The van der Waals surface area contributed by atoms with Crippen LogP contribution in [0, 0.1) is 0 Å². The summed E-state index contributed by atoms with van der Waals surface area (Å²) in [6.07, 6.45) is 7.35. The number of carbonyl (C=O) groups excluding carboxylic acids is 2. The molecule has 0 bridgehead atoms. The minimum atomic E-state index is -1.76. The van der Waals surface area contributed by atoms with Crippen molar-refractivity contribution in [2.45, 2.75) is 191 Å². The Labute approximate surface area is 326 Å². The Kier molecular flexibility index (Phi) is 26.1.